The van der Waals surface area contributed by atoms with Gasteiger partial charge in [-0.25, -0.2) is 4.98 Å². The first-order valence-electron chi connectivity index (χ1n) is 12.7. The Hall–Kier alpha value is -3.24. The van der Waals surface area contributed by atoms with Gasteiger partial charge in [-0.2, -0.15) is 10.2 Å². The normalized spacial score (nSPS) is 20.4. The number of carbonyl (C=O) groups is 1. The summed E-state index contributed by atoms with van der Waals surface area (Å²) < 4.78 is 9.85. The summed E-state index contributed by atoms with van der Waals surface area (Å²) in [5.74, 6) is 2.09. The molecular formula is C26H36N8O2. The fourth-order valence-electron chi connectivity index (χ4n) is 5.02. The van der Waals surface area contributed by atoms with Gasteiger partial charge in [0.25, 0.3) is 0 Å². The van der Waals surface area contributed by atoms with Crippen molar-refractivity contribution in [3.8, 4) is 0 Å². The number of amides is 1. The second-order valence-corrected chi connectivity index (χ2v) is 10.8. The van der Waals surface area contributed by atoms with Crippen LogP contribution in [0.3, 0.4) is 0 Å². The van der Waals surface area contributed by atoms with E-state index in [1.165, 1.54) is 18.3 Å². The number of carbonyl (C=O) groups excluding carboxylic acids is 1. The third-order valence-corrected chi connectivity index (χ3v) is 6.91. The van der Waals surface area contributed by atoms with Crippen LogP contribution in [0.15, 0.2) is 30.5 Å². The molecule has 5 rings (SSSR count). The number of fused-ring (bicyclic) bond motifs is 1. The van der Waals surface area contributed by atoms with Gasteiger partial charge in [-0.05, 0) is 31.0 Å². The molecule has 2 aliphatic rings. The van der Waals surface area contributed by atoms with E-state index in [1.807, 2.05) is 12.1 Å². The summed E-state index contributed by atoms with van der Waals surface area (Å²) >= 11 is 0. The van der Waals surface area contributed by atoms with Crippen LogP contribution in [0, 0.1) is 0 Å². The van der Waals surface area contributed by atoms with Crippen molar-refractivity contribution < 1.29 is 9.53 Å². The van der Waals surface area contributed by atoms with Crippen LogP contribution in [0.4, 0.5) is 17.5 Å². The summed E-state index contributed by atoms with van der Waals surface area (Å²) in [6.45, 7) is 14.3. The number of anilines is 3. The second-order valence-electron chi connectivity index (χ2n) is 10.8. The van der Waals surface area contributed by atoms with Crippen LogP contribution < -0.4 is 10.6 Å². The summed E-state index contributed by atoms with van der Waals surface area (Å²) in [7, 11) is 0. The first kappa shape index (κ1) is 24.5. The molecule has 0 spiro atoms. The number of ether oxygens (including phenoxy) is 1. The van der Waals surface area contributed by atoms with Crippen molar-refractivity contribution in [3.63, 3.8) is 0 Å². The Morgan fingerprint density at radius 3 is 2.67 bits per heavy atom. The Morgan fingerprint density at radius 2 is 1.94 bits per heavy atom. The molecule has 0 radical (unpaired) electrons. The lowest BCUT2D eigenvalue weighted by Crippen LogP contribution is -2.36. The lowest BCUT2D eigenvalue weighted by molar-refractivity contribution is -0.114. The van der Waals surface area contributed by atoms with Crippen LogP contribution in [-0.2, 0) is 28.0 Å². The molecule has 2 N–H and O–H groups in total. The van der Waals surface area contributed by atoms with Crippen LogP contribution in [0.2, 0.25) is 0 Å². The Morgan fingerprint density at radius 1 is 1.14 bits per heavy atom. The van der Waals surface area contributed by atoms with E-state index in [0.717, 1.165) is 49.9 Å². The van der Waals surface area contributed by atoms with Crippen LogP contribution in [-0.4, -0.2) is 55.1 Å². The molecule has 5 heterocycles. The molecule has 36 heavy (non-hydrogen) atoms. The Balaban J connectivity index is 1.32. The zero-order chi connectivity index (χ0) is 25.4. The van der Waals surface area contributed by atoms with Crippen molar-refractivity contribution in [1.82, 2.24) is 29.4 Å². The minimum absolute atomic E-state index is 0.0231. The summed E-state index contributed by atoms with van der Waals surface area (Å²) in [5, 5.41) is 16.0. The van der Waals surface area contributed by atoms with Crippen molar-refractivity contribution >= 4 is 23.4 Å². The standard InChI is InChI=1S/C26H36N8O2/c1-17-21-13-24(29-25-14-22(26(3,4)5)34(31-25)20-7-11-36-16-20)30-33(21)10-9-32(17)15-19-6-8-27-23(12-19)28-18(2)35/h6,8,12-14,17,20H,7,9-11,15-16H2,1-5H3,(H,27,28,35)(H,29,30,31). The van der Waals surface area contributed by atoms with E-state index in [-0.39, 0.29) is 23.4 Å². The monoisotopic (exact) mass is 492 g/mol. The quantitative estimate of drug-likeness (QED) is 0.536. The van der Waals surface area contributed by atoms with Gasteiger partial charge in [-0.1, -0.05) is 20.8 Å². The second kappa shape index (κ2) is 9.67. The number of hydrogen-bond donors (Lipinski definition) is 2. The number of aromatic nitrogens is 5. The highest BCUT2D eigenvalue weighted by molar-refractivity contribution is 5.87. The summed E-state index contributed by atoms with van der Waals surface area (Å²) in [5.41, 5.74) is 3.45. The van der Waals surface area contributed by atoms with E-state index in [4.69, 9.17) is 14.9 Å². The van der Waals surface area contributed by atoms with Gasteiger partial charge < -0.3 is 15.4 Å². The molecule has 3 aromatic rings. The molecule has 0 aromatic carbocycles. The maximum atomic E-state index is 11.4. The first-order chi connectivity index (χ1) is 17.2. The number of hydrogen-bond acceptors (Lipinski definition) is 7. The van der Waals surface area contributed by atoms with Crippen molar-refractivity contribution in [2.45, 2.75) is 71.6 Å². The Kier molecular flexibility index (Phi) is 6.57. The lowest BCUT2D eigenvalue weighted by Gasteiger charge is -2.33. The summed E-state index contributed by atoms with van der Waals surface area (Å²) in [6, 6.07) is 8.67. The van der Waals surface area contributed by atoms with Crippen LogP contribution >= 0.6 is 0 Å². The van der Waals surface area contributed by atoms with Crippen LogP contribution in [0.1, 0.15) is 70.1 Å². The molecule has 2 aliphatic heterocycles. The molecule has 192 valence electrons. The van der Waals surface area contributed by atoms with Gasteiger partial charge >= 0.3 is 0 Å². The van der Waals surface area contributed by atoms with Gasteiger partial charge in [0.1, 0.15) is 5.82 Å². The highest BCUT2D eigenvalue weighted by Gasteiger charge is 2.29. The molecule has 1 amide bonds. The zero-order valence-electron chi connectivity index (χ0n) is 21.8. The molecule has 2 atom stereocenters. The van der Waals surface area contributed by atoms with Gasteiger partial charge in [-0.3, -0.25) is 19.1 Å². The minimum atomic E-state index is -0.119. The lowest BCUT2D eigenvalue weighted by atomic mass is 9.91. The third kappa shape index (κ3) is 5.15. The predicted octanol–water partition coefficient (Wildman–Crippen LogP) is 4.01. The number of pyridine rings is 1. The van der Waals surface area contributed by atoms with Gasteiger partial charge in [0, 0.05) is 62.1 Å². The Bertz CT molecular complexity index is 1240. The summed E-state index contributed by atoms with van der Waals surface area (Å²) in [6.07, 6.45) is 2.73. The molecule has 0 aliphatic carbocycles. The highest BCUT2D eigenvalue weighted by Crippen LogP contribution is 2.33. The molecular weight excluding hydrogens is 456 g/mol. The molecule has 1 fully saturated rings. The molecule has 2 unspecified atom stereocenters. The van der Waals surface area contributed by atoms with E-state index >= 15 is 0 Å². The maximum absolute atomic E-state index is 11.4. The Labute approximate surface area is 212 Å². The van der Waals surface area contributed by atoms with Gasteiger partial charge in [0.15, 0.2) is 11.6 Å². The number of nitrogens with one attached hydrogen (secondary N) is 2. The minimum Gasteiger partial charge on any atom is -0.379 e. The third-order valence-electron chi connectivity index (χ3n) is 6.91. The predicted molar refractivity (Wildman–Crippen MR) is 138 cm³/mol. The fraction of sp³-hybridized carbons (Fsp3) is 0.538. The van der Waals surface area contributed by atoms with Gasteiger partial charge in [0.05, 0.1) is 24.9 Å². The molecule has 10 heteroatoms. The molecule has 10 nitrogen and oxygen atoms in total. The summed E-state index contributed by atoms with van der Waals surface area (Å²) in [4.78, 5) is 18.0. The van der Waals surface area contributed by atoms with Gasteiger partial charge in [0.2, 0.25) is 5.91 Å². The molecule has 3 aromatic heterocycles. The van der Waals surface area contributed by atoms with Crippen molar-refractivity contribution in [1.29, 1.82) is 0 Å². The molecule has 0 bridgehead atoms. The van der Waals surface area contributed by atoms with Crippen molar-refractivity contribution in [2.75, 3.05) is 30.4 Å². The highest BCUT2D eigenvalue weighted by atomic mass is 16.5. The van der Waals surface area contributed by atoms with Crippen LogP contribution in [0.25, 0.3) is 0 Å². The van der Waals surface area contributed by atoms with Gasteiger partial charge in [-0.15, -0.1) is 0 Å². The largest absolute Gasteiger partial charge is 0.379 e. The van der Waals surface area contributed by atoms with E-state index < -0.39 is 0 Å². The number of nitrogens with zero attached hydrogens (tertiary/aromatic N) is 6. The van der Waals surface area contributed by atoms with E-state index in [0.29, 0.717) is 12.4 Å². The van der Waals surface area contributed by atoms with E-state index in [1.54, 1.807) is 6.20 Å². The van der Waals surface area contributed by atoms with E-state index in [2.05, 4.69) is 69.7 Å². The SMILES string of the molecule is CC(=O)Nc1cc(CN2CCn3nc(Nc4cc(C(C)(C)C)n(C5CCOC5)n4)cc3C2C)ccn1. The van der Waals surface area contributed by atoms with Crippen LogP contribution in [0.5, 0.6) is 0 Å². The maximum Gasteiger partial charge on any atom is 0.222 e. The topological polar surface area (TPSA) is 102 Å². The fourth-order valence-corrected chi connectivity index (χ4v) is 5.02. The average Bonchev–Trinajstić information content (AvgIpc) is 3.55. The molecule has 0 saturated carbocycles. The van der Waals surface area contributed by atoms with Crippen molar-refractivity contribution in [3.05, 3.63) is 47.4 Å². The smallest absolute Gasteiger partial charge is 0.222 e. The van der Waals surface area contributed by atoms with E-state index in [9.17, 15) is 4.79 Å². The van der Waals surface area contributed by atoms with Crippen molar-refractivity contribution in [2.24, 2.45) is 0 Å². The molecule has 1 saturated heterocycles. The number of rotatable bonds is 6. The first-order valence-corrected chi connectivity index (χ1v) is 12.7. The average molecular weight is 493 g/mol. The zero-order valence-corrected chi connectivity index (χ0v) is 21.8.